The van der Waals surface area contributed by atoms with E-state index in [1.165, 1.54) is 18.2 Å². The molecular weight excluding hydrogens is 358 g/mol. The van der Waals surface area contributed by atoms with Crippen molar-refractivity contribution in [2.75, 3.05) is 14.2 Å². The highest BCUT2D eigenvalue weighted by molar-refractivity contribution is 5.96. The van der Waals surface area contributed by atoms with Crippen LogP contribution in [-0.4, -0.2) is 34.5 Å². The highest BCUT2D eigenvalue weighted by Gasteiger charge is 2.27. The Morgan fingerprint density at radius 2 is 1.79 bits per heavy atom. The van der Waals surface area contributed by atoms with Crippen LogP contribution in [0.1, 0.15) is 48.5 Å². The van der Waals surface area contributed by atoms with Gasteiger partial charge in [0.25, 0.3) is 5.56 Å². The molecule has 7 nitrogen and oxygen atoms in total. The number of hydrogen-bond acceptors (Lipinski definition) is 5. The van der Waals surface area contributed by atoms with Crippen LogP contribution in [-0.2, 0) is 4.74 Å². The summed E-state index contributed by atoms with van der Waals surface area (Å²) in [5.41, 5.74) is 1.46. The predicted molar refractivity (Wildman–Crippen MR) is 104 cm³/mol. The number of esters is 1. The van der Waals surface area contributed by atoms with Crippen LogP contribution in [0.4, 0.5) is 0 Å². The van der Waals surface area contributed by atoms with Gasteiger partial charge in [-0.3, -0.25) is 4.79 Å². The van der Waals surface area contributed by atoms with Crippen LogP contribution in [0.5, 0.6) is 5.75 Å². The number of nitrogens with zero attached hydrogens (tertiary/aromatic N) is 3. The van der Waals surface area contributed by atoms with Gasteiger partial charge in [0.1, 0.15) is 17.0 Å². The van der Waals surface area contributed by atoms with Gasteiger partial charge in [-0.15, -0.1) is 0 Å². The Labute approximate surface area is 162 Å². The van der Waals surface area contributed by atoms with Crippen molar-refractivity contribution in [1.29, 1.82) is 0 Å². The zero-order valence-corrected chi connectivity index (χ0v) is 16.1. The average molecular weight is 381 g/mol. The first-order valence-corrected chi connectivity index (χ1v) is 9.49. The van der Waals surface area contributed by atoms with Gasteiger partial charge in [0.05, 0.1) is 25.5 Å². The maximum absolute atomic E-state index is 13.1. The molecular formula is C21H23N3O4. The number of hydrogen-bond donors (Lipinski definition) is 0. The molecule has 1 aromatic rings. The summed E-state index contributed by atoms with van der Waals surface area (Å²) in [5.74, 6) is 0.202. The quantitative estimate of drug-likeness (QED) is 0.647. The summed E-state index contributed by atoms with van der Waals surface area (Å²) in [4.78, 5) is 25.5. The van der Waals surface area contributed by atoms with Crippen molar-refractivity contribution in [2.45, 2.75) is 38.1 Å². The van der Waals surface area contributed by atoms with Crippen LogP contribution in [0.2, 0.25) is 0 Å². The van der Waals surface area contributed by atoms with E-state index in [1.807, 2.05) is 10.8 Å². The fourth-order valence-corrected chi connectivity index (χ4v) is 3.87. The Morgan fingerprint density at radius 3 is 2.43 bits per heavy atom. The number of pyridine rings is 1. The molecule has 0 radical (unpaired) electrons. The first-order valence-electron chi connectivity index (χ1n) is 9.49. The maximum atomic E-state index is 13.1. The molecule has 146 valence electrons. The van der Waals surface area contributed by atoms with Crippen molar-refractivity contribution in [3.63, 3.8) is 0 Å². The zero-order valence-electron chi connectivity index (χ0n) is 16.1. The number of aromatic nitrogens is 3. The molecule has 28 heavy (non-hydrogen) atoms. The van der Waals surface area contributed by atoms with E-state index in [9.17, 15) is 9.59 Å². The van der Waals surface area contributed by atoms with Crippen molar-refractivity contribution >= 4 is 5.97 Å². The van der Waals surface area contributed by atoms with Crippen LogP contribution in [0.25, 0.3) is 16.9 Å². The Hall–Kier alpha value is -3.09. The van der Waals surface area contributed by atoms with Gasteiger partial charge in [0, 0.05) is 18.4 Å². The zero-order chi connectivity index (χ0) is 19.7. The lowest BCUT2D eigenvalue weighted by Gasteiger charge is -2.25. The van der Waals surface area contributed by atoms with E-state index in [0.717, 1.165) is 25.7 Å². The molecule has 3 aliphatic rings. The van der Waals surface area contributed by atoms with Crippen molar-refractivity contribution < 1.29 is 14.3 Å². The lowest BCUT2D eigenvalue weighted by Crippen LogP contribution is -2.18. The van der Waals surface area contributed by atoms with Crippen molar-refractivity contribution in [3.05, 3.63) is 52.6 Å². The number of methoxy groups -OCH3 is 2. The smallest absolute Gasteiger partial charge is 0.341 e. The standard InChI is InChI=1S/C21H23N3O4/c1-27-16-10-8-15(9-11-16)24-20(25)17-12-23(14-6-4-3-5-7-14)13-18(19(17)22-24)21(26)28-2/h8-14H,3-7H2,1-2H3. The molecule has 2 heterocycles. The fraction of sp³-hybridized carbons (Fsp3) is 0.381. The highest BCUT2D eigenvalue weighted by Crippen LogP contribution is 2.31. The van der Waals surface area contributed by atoms with E-state index in [-0.39, 0.29) is 11.6 Å². The molecule has 0 unspecified atom stereocenters. The topological polar surface area (TPSA) is 75.3 Å². The average Bonchev–Trinajstić information content (AvgIpc) is 3.09. The molecule has 0 aromatic heterocycles. The molecule has 7 heteroatoms. The van der Waals surface area contributed by atoms with Crippen LogP contribution < -0.4 is 10.3 Å². The third-order valence-electron chi connectivity index (χ3n) is 5.41. The lowest BCUT2D eigenvalue weighted by molar-refractivity contribution is 0.0600. The molecule has 0 amide bonds. The van der Waals surface area contributed by atoms with Crippen molar-refractivity contribution in [2.24, 2.45) is 0 Å². The minimum absolute atomic E-state index is 0.254. The Bertz CT molecular complexity index is 1010. The molecule has 2 aliphatic heterocycles. The van der Waals surface area contributed by atoms with Gasteiger partial charge in [-0.25, -0.2) is 4.79 Å². The van der Waals surface area contributed by atoms with E-state index in [1.54, 1.807) is 37.6 Å². The molecule has 0 N–H and O–H groups in total. The summed E-state index contributed by atoms with van der Waals surface area (Å²) in [7, 11) is 2.92. The second-order valence-corrected chi connectivity index (χ2v) is 7.08. The molecule has 0 spiro atoms. The van der Waals surface area contributed by atoms with Gasteiger partial charge >= 0.3 is 5.97 Å². The molecule has 0 bridgehead atoms. The van der Waals surface area contributed by atoms with Gasteiger partial charge in [0.2, 0.25) is 0 Å². The number of ether oxygens (including phenoxy) is 2. The normalized spacial score (nSPS) is 14.9. The Morgan fingerprint density at radius 1 is 1.07 bits per heavy atom. The van der Waals surface area contributed by atoms with Crippen LogP contribution in [0.15, 0.2) is 41.5 Å². The minimum Gasteiger partial charge on any atom is -0.497 e. The van der Waals surface area contributed by atoms with Gasteiger partial charge in [-0.2, -0.15) is 9.78 Å². The van der Waals surface area contributed by atoms with Crippen molar-refractivity contribution in [1.82, 2.24) is 14.3 Å². The number of benzene rings is 1. The monoisotopic (exact) mass is 381 g/mol. The maximum Gasteiger partial charge on any atom is 0.341 e. The minimum atomic E-state index is -0.491. The molecule has 1 aromatic carbocycles. The lowest BCUT2D eigenvalue weighted by atomic mass is 9.94. The fourth-order valence-electron chi connectivity index (χ4n) is 3.87. The first kappa shape index (κ1) is 18.3. The van der Waals surface area contributed by atoms with Crippen LogP contribution in [0.3, 0.4) is 0 Å². The van der Waals surface area contributed by atoms with Crippen LogP contribution >= 0.6 is 0 Å². The molecule has 0 saturated heterocycles. The van der Waals surface area contributed by atoms with E-state index in [4.69, 9.17) is 9.47 Å². The van der Waals surface area contributed by atoms with E-state index in [0.29, 0.717) is 28.3 Å². The third kappa shape index (κ3) is 3.17. The molecule has 0 atom stereocenters. The molecule has 1 saturated carbocycles. The number of carbonyl (C=O) groups is 1. The first-order chi connectivity index (χ1) is 13.6. The summed E-state index contributed by atoms with van der Waals surface area (Å²) in [6.07, 6.45) is 9.21. The largest absolute Gasteiger partial charge is 0.497 e. The summed E-state index contributed by atoms with van der Waals surface area (Å²) in [6.45, 7) is 0. The summed E-state index contributed by atoms with van der Waals surface area (Å²) in [6, 6.07) is 7.35. The van der Waals surface area contributed by atoms with E-state index >= 15 is 0 Å². The van der Waals surface area contributed by atoms with Gasteiger partial charge in [-0.05, 0) is 37.1 Å². The second kappa shape index (κ2) is 7.50. The predicted octanol–water partition coefficient (Wildman–Crippen LogP) is 3.44. The van der Waals surface area contributed by atoms with E-state index in [2.05, 4.69) is 5.10 Å². The third-order valence-corrected chi connectivity index (χ3v) is 5.41. The Balaban J connectivity index is 1.87. The molecule has 1 fully saturated rings. The number of fused-ring (bicyclic) bond motifs is 1. The van der Waals surface area contributed by atoms with Gasteiger partial charge in [0.15, 0.2) is 0 Å². The second-order valence-electron chi connectivity index (χ2n) is 7.08. The van der Waals surface area contributed by atoms with Crippen molar-refractivity contribution in [3.8, 4) is 22.7 Å². The van der Waals surface area contributed by atoms with Gasteiger partial charge < -0.3 is 14.0 Å². The number of rotatable bonds is 4. The van der Waals surface area contributed by atoms with E-state index < -0.39 is 5.97 Å². The summed E-state index contributed by atoms with van der Waals surface area (Å²) in [5, 5.41) is 4.44. The summed E-state index contributed by atoms with van der Waals surface area (Å²) < 4.78 is 13.4. The number of carbonyl (C=O) groups excluding carboxylic acids is 1. The SMILES string of the molecule is COC(=O)c1cn(C2CCCCC2)cc2c(=O)n(-c3ccc(OC)cc3)nc1-2. The van der Waals surface area contributed by atoms with Gasteiger partial charge in [-0.1, -0.05) is 19.3 Å². The Kier molecular flexibility index (Phi) is 4.90. The summed E-state index contributed by atoms with van der Waals surface area (Å²) >= 11 is 0. The molecule has 1 aliphatic carbocycles. The highest BCUT2D eigenvalue weighted by atomic mass is 16.5. The van der Waals surface area contributed by atoms with Crippen LogP contribution in [0, 0.1) is 0 Å². The molecule has 4 rings (SSSR count).